The zero-order chi connectivity index (χ0) is 21.5. The number of benzene rings is 1. The van der Waals surface area contributed by atoms with Gasteiger partial charge in [-0.3, -0.25) is 14.2 Å². The van der Waals surface area contributed by atoms with Gasteiger partial charge < -0.3 is 20.1 Å². The summed E-state index contributed by atoms with van der Waals surface area (Å²) in [5, 5.41) is 5.88. The highest BCUT2D eigenvalue weighted by atomic mass is 16.5. The van der Waals surface area contributed by atoms with Crippen LogP contribution in [0.1, 0.15) is 6.92 Å². The van der Waals surface area contributed by atoms with Gasteiger partial charge >= 0.3 is 0 Å². The molecular formula is C21H25N5O4. The Balaban J connectivity index is 2.07. The first-order valence-corrected chi connectivity index (χ1v) is 9.56. The Morgan fingerprint density at radius 2 is 1.83 bits per heavy atom. The number of hydrogen-bond acceptors (Lipinski definition) is 7. The average molecular weight is 411 g/mol. The van der Waals surface area contributed by atoms with E-state index in [1.165, 1.54) is 6.92 Å². The van der Waals surface area contributed by atoms with Crippen LogP contribution in [0.2, 0.25) is 0 Å². The van der Waals surface area contributed by atoms with Crippen molar-refractivity contribution in [3.63, 3.8) is 0 Å². The quantitative estimate of drug-likeness (QED) is 0.516. The molecule has 1 amide bonds. The monoisotopic (exact) mass is 411 g/mol. The van der Waals surface area contributed by atoms with Gasteiger partial charge in [0.25, 0.3) is 5.56 Å². The summed E-state index contributed by atoms with van der Waals surface area (Å²) in [5.74, 6) is 1.15. The van der Waals surface area contributed by atoms with Gasteiger partial charge in [-0.25, -0.2) is 9.97 Å². The van der Waals surface area contributed by atoms with Crippen LogP contribution in [-0.2, 0) is 16.1 Å². The Morgan fingerprint density at radius 3 is 2.50 bits per heavy atom. The third kappa shape index (κ3) is 4.93. The van der Waals surface area contributed by atoms with Crippen LogP contribution >= 0.6 is 0 Å². The Morgan fingerprint density at radius 1 is 1.07 bits per heavy atom. The van der Waals surface area contributed by atoms with Crippen molar-refractivity contribution in [1.29, 1.82) is 0 Å². The van der Waals surface area contributed by atoms with Crippen LogP contribution in [-0.4, -0.2) is 54.4 Å². The predicted molar refractivity (Wildman–Crippen MR) is 115 cm³/mol. The number of ether oxygens (including phenoxy) is 2. The number of carbonyl (C=O) groups excluding carboxylic acids is 1. The molecular weight excluding hydrogens is 386 g/mol. The summed E-state index contributed by atoms with van der Waals surface area (Å²) < 4.78 is 11.8. The number of fused-ring (bicyclic) bond motifs is 1. The van der Waals surface area contributed by atoms with E-state index in [9.17, 15) is 9.59 Å². The van der Waals surface area contributed by atoms with Crippen LogP contribution in [0.3, 0.4) is 0 Å². The molecule has 0 bridgehead atoms. The van der Waals surface area contributed by atoms with Gasteiger partial charge in [0.15, 0.2) is 5.65 Å². The first-order valence-electron chi connectivity index (χ1n) is 9.56. The number of nitrogens with one attached hydrogen (secondary N) is 2. The Labute approximate surface area is 174 Å². The van der Waals surface area contributed by atoms with E-state index in [2.05, 4.69) is 20.6 Å². The lowest BCUT2D eigenvalue weighted by Crippen LogP contribution is -2.31. The Kier molecular flexibility index (Phi) is 6.97. The smallest absolute Gasteiger partial charge is 0.278 e. The molecule has 0 radical (unpaired) electrons. The fourth-order valence-electron chi connectivity index (χ4n) is 2.99. The van der Waals surface area contributed by atoms with E-state index < -0.39 is 0 Å². The number of nitrogens with zero attached hydrogens (tertiary/aromatic N) is 3. The van der Waals surface area contributed by atoms with Gasteiger partial charge in [0.05, 0.1) is 13.7 Å². The topological polar surface area (TPSA) is 107 Å². The van der Waals surface area contributed by atoms with Gasteiger partial charge in [-0.05, 0) is 36.4 Å². The fraction of sp³-hybridized carbons (Fsp3) is 0.333. The minimum absolute atomic E-state index is 0.160. The second-order valence-electron chi connectivity index (χ2n) is 6.59. The summed E-state index contributed by atoms with van der Waals surface area (Å²) in [6.45, 7) is 3.13. The summed E-state index contributed by atoms with van der Waals surface area (Å²) in [7, 11) is 3.21. The first kappa shape index (κ1) is 21.3. The number of anilines is 1. The van der Waals surface area contributed by atoms with Crippen LogP contribution in [0.15, 0.2) is 41.2 Å². The van der Waals surface area contributed by atoms with Crippen molar-refractivity contribution in [2.45, 2.75) is 13.5 Å². The maximum atomic E-state index is 13.3. The van der Waals surface area contributed by atoms with Crippen molar-refractivity contribution < 1.29 is 14.3 Å². The zero-order valence-electron chi connectivity index (χ0n) is 17.3. The molecule has 2 N–H and O–H groups in total. The van der Waals surface area contributed by atoms with Crippen molar-refractivity contribution in [3.8, 4) is 17.0 Å². The summed E-state index contributed by atoms with van der Waals surface area (Å²) in [6, 6.07) is 10.8. The molecule has 0 aliphatic carbocycles. The lowest BCUT2D eigenvalue weighted by Gasteiger charge is -2.14. The van der Waals surface area contributed by atoms with Gasteiger partial charge in [0, 0.05) is 39.2 Å². The van der Waals surface area contributed by atoms with E-state index in [1.807, 2.05) is 12.1 Å². The molecule has 0 saturated heterocycles. The predicted octanol–water partition coefficient (Wildman–Crippen LogP) is 1.66. The maximum absolute atomic E-state index is 13.3. The molecule has 0 saturated carbocycles. The van der Waals surface area contributed by atoms with Crippen LogP contribution < -0.4 is 20.9 Å². The summed E-state index contributed by atoms with van der Waals surface area (Å²) in [6.07, 6.45) is 0. The normalized spacial score (nSPS) is 10.8. The first-order chi connectivity index (χ1) is 14.5. The highest BCUT2D eigenvalue weighted by Gasteiger charge is 2.15. The molecule has 2 heterocycles. The Hall–Kier alpha value is -3.46. The van der Waals surface area contributed by atoms with Crippen molar-refractivity contribution in [1.82, 2.24) is 19.9 Å². The van der Waals surface area contributed by atoms with Crippen LogP contribution in [0, 0.1) is 0 Å². The average Bonchev–Trinajstić information content (AvgIpc) is 2.75. The van der Waals surface area contributed by atoms with E-state index >= 15 is 0 Å². The van der Waals surface area contributed by atoms with Crippen molar-refractivity contribution in [2.75, 3.05) is 39.2 Å². The third-order valence-electron chi connectivity index (χ3n) is 4.48. The lowest BCUT2D eigenvalue weighted by atomic mass is 10.1. The number of carbonyl (C=O) groups is 1. The molecule has 0 fully saturated rings. The van der Waals surface area contributed by atoms with Crippen molar-refractivity contribution in [3.05, 3.63) is 46.8 Å². The molecule has 3 aromatic rings. The minimum atomic E-state index is -0.278. The van der Waals surface area contributed by atoms with Crippen molar-refractivity contribution in [2.24, 2.45) is 0 Å². The summed E-state index contributed by atoms with van der Waals surface area (Å²) >= 11 is 0. The summed E-state index contributed by atoms with van der Waals surface area (Å²) in [4.78, 5) is 33.7. The molecule has 0 aliphatic rings. The van der Waals surface area contributed by atoms with Crippen LogP contribution in [0.4, 0.5) is 5.82 Å². The molecule has 0 unspecified atom stereocenters. The second-order valence-corrected chi connectivity index (χ2v) is 6.59. The fourth-order valence-corrected chi connectivity index (χ4v) is 2.99. The van der Waals surface area contributed by atoms with E-state index in [4.69, 9.17) is 9.47 Å². The molecule has 2 aromatic heterocycles. The third-order valence-corrected chi connectivity index (χ3v) is 4.48. The lowest BCUT2D eigenvalue weighted by molar-refractivity contribution is -0.118. The van der Waals surface area contributed by atoms with Crippen LogP contribution in [0.5, 0.6) is 5.75 Å². The minimum Gasteiger partial charge on any atom is -0.497 e. The van der Waals surface area contributed by atoms with Gasteiger partial charge in [-0.1, -0.05) is 0 Å². The number of aromatic nitrogens is 3. The van der Waals surface area contributed by atoms with Gasteiger partial charge in [0.2, 0.25) is 5.91 Å². The summed E-state index contributed by atoms with van der Waals surface area (Å²) in [5.41, 5.74) is 1.75. The molecule has 9 nitrogen and oxygen atoms in total. The molecule has 0 atom stereocenters. The van der Waals surface area contributed by atoms with Gasteiger partial charge in [-0.2, -0.15) is 0 Å². The molecule has 9 heteroatoms. The second kappa shape index (κ2) is 9.84. The van der Waals surface area contributed by atoms with Gasteiger partial charge in [-0.15, -0.1) is 0 Å². The van der Waals surface area contributed by atoms with E-state index in [1.54, 1.807) is 43.1 Å². The Bertz CT molecular complexity index is 1080. The van der Waals surface area contributed by atoms with E-state index in [0.29, 0.717) is 53.7 Å². The zero-order valence-corrected chi connectivity index (χ0v) is 17.3. The number of pyridine rings is 1. The molecule has 0 aliphatic heterocycles. The largest absolute Gasteiger partial charge is 0.497 e. The molecule has 30 heavy (non-hydrogen) atoms. The number of hydrogen-bond donors (Lipinski definition) is 2. The molecule has 3 rings (SSSR count). The van der Waals surface area contributed by atoms with E-state index in [-0.39, 0.29) is 18.0 Å². The molecule has 1 aromatic carbocycles. The number of rotatable bonds is 9. The molecule has 0 spiro atoms. The SMILES string of the molecule is COCCNc1ccc2nc(-c3ccc(OC)cc3)c(=O)n(CCNC(C)=O)c2n1. The highest BCUT2D eigenvalue weighted by molar-refractivity contribution is 5.76. The van der Waals surface area contributed by atoms with Crippen LogP contribution in [0.25, 0.3) is 22.4 Å². The standard InChI is InChI=1S/C21H25N5O4/c1-14(27)22-10-12-26-20-17(8-9-18(25-20)23-11-13-29-2)24-19(21(26)28)15-4-6-16(30-3)7-5-15/h4-9H,10-13H2,1-3H3,(H,22,27)(H,23,25). The van der Waals surface area contributed by atoms with E-state index in [0.717, 1.165) is 0 Å². The number of methoxy groups -OCH3 is 2. The van der Waals surface area contributed by atoms with Crippen molar-refractivity contribution >= 4 is 22.9 Å². The number of amides is 1. The maximum Gasteiger partial charge on any atom is 0.278 e. The highest BCUT2D eigenvalue weighted by Crippen LogP contribution is 2.21. The molecule has 158 valence electrons. The van der Waals surface area contributed by atoms with Gasteiger partial charge in [0.1, 0.15) is 22.8 Å².